The van der Waals surface area contributed by atoms with Crippen molar-refractivity contribution in [3.63, 3.8) is 0 Å². The van der Waals surface area contributed by atoms with E-state index in [0.717, 1.165) is 6.04 Å². The van der Waals surface area contributed by atoms with Crippen LogP contribution >= 0.6 is 0 Å². The van der Waals surface area contributed by atoms with Crippen LogP contribution in [-0.2, 0) is 0 Å². The predicted octanol–water partition coefficient (Wildman–Crippen LogP) is 1.35. The van der Waals surface area contributed by atoms with Gasteiger partial charge in [-0.1, -0.05) is 6.42 Å². The fourth-order valence-electron chi connectivity index (χ4n) is 2.83. The highest BCUT2D eigenvalue weighted by atomic mass is 15.2. The zero-order chi connectivity index (χ0) is 8.55. The molecule has 1 heterocycles. The molecule has 0 aromatic heterocycles. The van der Waals surface area contributed by atoms with Gasteiger partial charge in [-0.2, -0.15) is 0 Å². The Morgan fingerprint density at radius 1 is 1.17 bits per heavy atom. The van der Waals surface area contributed by atoms with Crippen LogP contribution < -0.4 is 5.73 Å². The van der Waals surface area contributed by atoms with Crippen molar-refractivity contribution in [3.8, 4) is 0 Å². The Balaban J connectivity index is 1.98. The highest BCUT2D eigenvalue weighted by molar-refractivity contribution is 4.92. The first-order valence-corrected chi connectivity index (χ1v) is 5.30. The summed E-state index contributed by atoms with van der Waals surface area (Å²) in [6.45, 7) is 3.64. The van der Waals surface area contributed by atoms with Crippen molar-refractivity contribution in [2.75, 3.05) is 6.54 Å². The van der Waals surface area contributed by atoms with E-state index in [9.17, 15) is 0 Å². The van der Waals surface area contributed by atoms with Crippen molar-refractivity contribution in [2.24, 2.45) is 5.73 Å². The lowest BCUT2D eigenvalue weighted by Crippen LogP contribution is -2.45. The Labute approximate surface area is 75.1 Å². The van der Waals surface area contributed by atoms with Crippen LogP contribution in [0, 0.1) is 0 Å². The second kappa shape index (κ2) is 3.35. The first-order valence-electron chi connectivity index (χ1n) is 5.30. The largest absolute Gasteiger partial charge is 0.326 e. The molecule has 1 saturated heterocycles. The summed E-state index contributed by atoms with van der Waals surface area (Å²) >= 11 is 0. The van der Waals surface area contributed by atoms with Gasteiger partial charge < -0.3 is 5.73 Å². The summed E-state index contributed by atoms with van der Waals surface area (Å²) < 4.78 is 0. The molecule has 3 unspecified atom stereocenters. The van der Waals surface area contributed by atoms with Crippen LogP contribution in [0.25, 0.3) is 0 Å². The van der Waals surface area contributed by atoms with Gasteiger partial charge in [0, 0.05) is 18.1 Å². The molecule has 2 N–H and O–H groups in total. The van der Waals surface area contributed by atoms with E-state index < -0.39 is 0 Å². The van der Waals surface area contributed by atoms with Crippen LogP contribution in [0.4, 0.5) is 0 Å². The Kier molecular flexibility index (Phi) is 2.37. The second-order valence-corrected chi connectivity index (χ2v) is 4.39. The van der Waals surface area contributed by atoms with E-state index in [1.807, 2.05) is 0 Å². The monoisotopic (exact) mass is 168 g/mol. The van der Waals surface area contributed by atoms with Crippen molar-refractivity contribution >= 4 is 0 Å². The van der Waals surface area contributed by atoms with Gasteiger partial charge in [-0.05, 0) is 39.2 Å². The molecule has 0 spiro atoms. The van der Waals surface area contributed by atoms with E-state index in [0.29, 0.717) is 12.1 Å². The SMILES string of the molecule is CC1CCCN1C1CCCC1N. The Morgan fingerprint density at radius 3 is 2.50 bits per heavy atom. The maximum atomic E-state index is 6.08. The summed E-state index contributed by atoms with van der Waals surface area (Å²) in [7, 11) is 0. The summed E-state index contributed by atoms with van der Waals surface area (Å²) in [6.07, 6.45) is 6.68. The predicted molar refractivity (Wildman–Crippen MR) is 51.0 cm³/mol. The van der Waals surface area contributed by atoms with Crippen LogP contribution in [0.3, 0.4) is 0 Å². The molecule has 2 nitrogen and oxygen atoms in total. The van der Waals surface area contributed by atoms with Gasteiger partial charge in [0.1, 0.15) is 0 Å². The van der Waals surface area contributed by atoms with E-state index >= 15 is 0 Å². The topological polar surface area (TPSA) is 29.3 Å². The molecule has 1 aliphatic heterocycles. The van der Waals surface area contributed by atoms with Crippen LogP contribution in [0.15, 0.2) is 0 Å². The molecular formula is C10H20N2. The molecule has 1 aliphatic carbocycles. The highest BCUT2D eigenvalue weighted by Crippen LogP contribution is 2.28. The minimum Gasteiger partial charge on any atom is -0.326 e. The molecule has 0 radical (unpaired) electrons. The lowest BCUT2D eigenvalue weighted by molar-refractivity contribution is 0.179. The number of nitrogens with two attached hydrogens (primary N) is 1. The van der Waals surface area contributed by atoms with Crippen molar-refractivity contribution in [1.29, 1.82) is 0 Å². The molecule has 1 saturated carbocycles. The van der Waals surface area contributed by atoms with Crippen molar-refractivity contribution < 1.29 is 0 Å². The Bertz CT molecular complexity index is 140. The lowest BCUT2D eigenvalue weighted by Gasteiger charge is -2.31. The Hall–Kier alpha value is -0.0800. The van der Waals surface area contributed by atoms with Crippen LogP contribution in [0.1, 0.15) is 39.0 Å². The molecule has 2 rings (SSSR count). The van der Waals surface area contributed by atoms with Crippen LogP contribution in [0.5, 0.6) is 0 Å². The molecule has 2 heteroatoms. The zero-order valence-electron chi connectivity index (χ0n) is 8.00. The van der Waals surface area contributed by atoms with Crippen molar-refractivity contribution in [2.45, 2.75) is 57.2 Å². The fourth-order valence-corrected chi connectivity index (χ4v) is 2.83. The van der Waals surface area contributed by atoms with Crippen LogP contribution in [-0.4, -0.2) is 29.6 Å². The molecule has 70 valence electrons. The van der Waals surface area contributed by atoms with E-state index in [2.05, 4.69) is 11.8 Å². The standard InChI is InChI=1S/C10H20N2/c1-8-4-3-7-12(8)10-6-2-5-9(10)11/h8-10H,2-7,11H2,1H3. The highest BCUT2D eigenvalue weighted by Gasteiger charge is 2.34. The third-order valence-electron chi connectivity index (χ3n) is 3.56. The molecule has 12 heavy (non-hydrogen) atoms. The average Bonchev–Trinajstić information content (AvgIpc) is 2.59. The first kappa shape index (κ1) is 8.52. The molecule has 2 fully saturated rings. The first-order chi connectivity index (χ1) is 5.79. The summed E-state index contributed by atoms with van der Waals surface area (Å²) in [5, 5.41) is 0. The second-order valence-electron chi connectivity index (χ2n) is 4.39. The molecule has 3 atom stereocenters. The molecule has 2 aliphatic rings. The van der Waals surface area contributed by atoms with Crippen LogP contribution in [0.2, 0.25) is 0 Å². The number of hydrogen-bond donors (Lipinski definition) is 1. The molecule has 0 bridgehead atoms. The van der Waals surface area contributed by atoms with Gasteiger partial charge in [0.25, 0.3) is 0 Å². The summed E-state index contributed by atoms with van der Waals surface area (Å²) in [5.41, 5.74) is 6.08. The number of rotatable bonds is 1. The normalized spacial score (nSPS) is 44.0. The minimum atomic E-state index is 0.463. The number of hydrogen-bond acceptors (Lipinski definition) is 2. The molecule has 0 amide bonds. The third kappa shape index (κ3) is 1.38. The average molecular weight is 168 g/mol. The minimum absolute atomic E-state index is 0.463. The smallest absolute Gasteiger partial charge is 0.0250 e. The lowest BCUT2D eigenvalue weighted by atomic mass is 10.1. The van der Waals surface area contributed by atoms with Crippen molar-refractivity contribution in [1.82, 2.24) is 4.90 Å². The summed E-state index contributed by atoms with van der Waals surface area (Å²) in [6, 6.07) is 1.96. The number of likely N-dealkylation sites (tertiary alicyclic amines) is 1. The maximum Gasteiger partial charge on any atom is 0.0250 e. The summed E-state index contributed by atoms with van der Waals surface area (Å²) in [5.74, 6) is 0. The van der Waals surface area contributed by atoms with E-state index in [-0.39, 0.29) is 0 Å². The molecular weight excluding hydrogens is 148 g/mol. The van der Waals surface area contributed by atoms with Gasteiger partial charge in [-0.3, -0.25) is 4.90 Å². The molecule has 0 aromatic carbocycles. The third-order valence-corrected chi connectivity index (χ3v) is 3.56. The number of nitrogens with zero attached hydrogens (tertiary/aromatic N) is 1. The van der Waals surface area contributed by atoms with E-state index in [1.54, 1.807) is 0 Å². The van der Waals surface area contributed by atoms with Gasteiger partial charge in [-0.25, -0.2) is 0 Å². The van der Waals surface area contributed by atoms with Gasteiger partial charge in [0.15, 0.2) is 0 Å². The zero-order valence-corrected chi connectivity index (χ0v) is 8.00. The van der Waals surface area contributed by atoms with Gasteiger partial charge in [0.2, 0.25) is 0 Å². The van der Waals surface area contributed by atoms with Gasteiger partial charge in [0.05, 0.1) is 0 Å². The maximum absolute atomic E-state index is 6.08. The molecule has 0 aromatic rings. The van der Waals surface area contributed by atoms with Gasteiger partial charge in [-0.15, -0.1) is 0 Å². The van der Waals surface area contributed by atoms with Gasteiger partial charge >= 0.3 is 0 Å². The van der Waals surface area contributed by atoms with E-state index in [4.69, 9.17) is 5.73 Å². The van der Waals surface area contributed by atoms with Crippen molar-refractivity contribution in [3.05, 3.63) is 0 Å². The summed E-state index contributed by atoms with van der Waals surface area (Å²) in [4.78, 5) is 2.64. The van der Waals surface area contributed by atoms with E-state index in [1.165, 1.54) is 38.6 Å². The Morgan fingerprint density at radius 2 is 2.00 bits per heavy atom. The quantitative estimate of drug-likeness (QED) is 0.640. The fraction of sp³-hybridized carbons (Fsp3) is 1.00.